The number of carbonyl (C=O) groups excluding carboxylic acids is 2. The first kappa shape index (κ1) is 19.8. The molecule has 0 radical (unpaired) electrons. The van der Waals surface area contributed by atoms with Gasteiger partial charge in [0.2, 0.25) is 11.0 Å². The molecule has 1 atom stereocenters. The van der Waals surface area contributed by atoms with Crippen molar-refractivity contribution in [2.45, 2.75) is 13.0 Å². The van der Waals surface area contributed by atoms with Gasteiger partial charge in [-0.05, 0) is 43.3 Å². The maximum absolute atomic E-state index is 12.4. The summed E-state index contributed by atoms with van der Waals surface area (Å²) in [6.45, 7) is 1.59. The third kappa shape index (κ3) is 4.85. The van der Waals surface area contributed by atoms with Crippen LogP contribution in [0.1, 0.15) is 17.3 Å². The van der Waals surface area contributed by atoms with Crippen LogP contribution in [0.2, 0.25) is 5.02 Å². The Hall–Kier alpha value is -2.97. The molecule has 9 heteroatoms. The van der Waals surface area contributed by atoms with Crippen molar-refractivity contribution in [3.05, 3.63) is 59.1 Å². The van der Waals surface area contributed by atoms with Gasteiger partial charge < -0.3 is 10.1 Å². The molecule has 0 fully saturated rings. The highest BCUT2D eigenvalue weighted by Crippen LogP contribution is 2.28. The Labute approximate surface area is 170 Å². The summed E-state index contributed by atoms with van der Waals surface area (Å²) < 4.78 is 5.20. The summed E-state index contributed by atoms with van der Waals surface area (Å²) in [5.74, 6) is -0.0545. The summed E-state index contributed by atoms with van der Waals surface area (Å²) in [7, 11) is 1.59. The molecule has 3 rings (SSSR count). The lowest BCUT2D eigenvalue weighted by atomic mass is 10.2. The van der Waals surface area contributed by atoms with Crippen LogP contribution in [0.3, 0.4) is 0 Å². The van der Waals surface area contributed by atoms with E-state index in [9.17, 15) is 9.59 Å². The van der Waals surface area contributed by atoms with Crippen LogP contribution in [-0.4, -0.2) is 35.2 Å². The first-order chi connectivity index (χ1) is 13.5. The van der Waals surface area contributed by atoms with E-state index in [4.69, 9.17) is 16.3 Å². The van der Waals surface area contributed by atoms with E-state index in [-0.39, 0.29) is 5.91 Å². The van der Waals surface area contributed by atoms with E-state index in [0.717, 1.165) is 5.56 Å². The average molecular weight is 417 g/mol. The molecule has 144 valence electrons. The summed E-state index contributed by atoms with van der Waals surface area (Å²) in [6, 6.07) is 13.0. The van der Waals surface area contributed by atoms with Crippen molar-refractivity contribution in [2.75, 3.05) is 12.4 Å². The zero-order valence-corrected chi connectivity index (χ0v) is 16.7. The van der Waals surface area contributed by atoms with E-state index < -0.39 is 11.9 Å². The monoisotopic (exact) mass is 416 g/mol. The summed E-state index contributed by atoms with van der Waals surface area (Å²) in [6.07, 6.45) is 0. The van der Waals surface area contributed by atoms with Crippen molar-refractivity contribution in [3.8, 4) is 16.3 Å². The molecule has 2 amide bonds. The second kappa shape index (κ2) is 8.81. The molecule has 0 bridgehead atoms. The number of halogens is 1. The minimum Gasteiger partial charge on any atom is -0.497 e. The van der Waals surface area contributed by atoms with Gasteiger partial charge in [-0.15, -0.1) is 10.2 Å². The second-order valence-corrected chi connectivity index (χ2v) is 7.25. The minimum absolute atomic E-state index is 0.343. The van der Waals surface area contributed by atoms with Crippen LogP contribution in [-0.2, 0) is 4.79 Å². The third-order valence-corrected chi connectivity index (χ3v) is 4.96. The Morgan fingerprint density at radius 2 is 1.89 bits per heavy atom. The quantitative estimate of drug-likeness (QED) is 0.640. The molecule has 1 aromatic heterocycles. The van der Waals surface area contributed by atoms with Crippen molar-refractivity contribution in [1.29, 1.82) is 0 Å². The number of ether oxygens (including phenoxy) is 1. The van der Waals surface area contributed by atoms with E-state index in [1.165, 1.54) is 11.3 Å². The van der Waals surface area contributed by atoms with Crippen LogP contribution < -0.4 is 15.4 Å². The standard InChI is InChI=1S/C19H17ClN4O3S/c1-11(21-17(26)12-6-8-14(20)9-7-12)16(25)22-19-24-23-18(28-19)13-4-3-5-15(10-13)27-2/h3-11H,1-2H3,(H,21,26)(H,22,24,25)/t11-/m1/s1. The van der Waals surface area contributed by atoms with Gasteiger partial charge in [-0.1, -0.05) is 35.1 Å². The van der Waals surface area contributed by atoms with Crippen molar-refractivity contribution >= 4 is 39.9 Å². The van der Waals surface area contributed by atoms with Crippen LogP contribution in [0, 0.1) is 0 Å². The number of aromatic nitrogens is 2. The third-order valence-electron chi connectivity index (χ3n) is 3.82. The van der Waals surface area contributed by atoms with E-state index >= 15 is 0 Å². The van der Waals surface area contributed by atoms with Gasteiger partial charge in [0.25, 0.3) is 5.91 Å². The van der Waals surface area contributed by atoms with Crippen LogP contribution in [0.5, 0.6) is 5.75 Å². The van der Waals surface area contributed by atoms with E-state index in [1.807, 2.05) is 24.3 Å². The number of nitrogens with one attached hydrogen (secondary N) is 2. The van der Waals surface area contributed by atoms with Crippen molar-refractivity contribution < 1.29 is 14.3 Å². The molecule has 2 N–H and O–H groups in total. The van der Waals surface area contributed by atoms with Gasteiger partial charge in [-0.3, -0.25) is 14.9 Å². The molecule has 0 aliphatic carbocycles. The number of benzene rings is 2. The first-order valence-electron chi connectivity index (χ1n) is 8.31. The van der Waals surface area contributed by atoms with E-state index in [0.29, 0.717) is 26.5 Å². The number of anilines is 1. The van der Waals surface area contributed by atoms with Gasteiger partial charge in [-0.2, -0.15) is 0 Å². The van der Waals surface area contributed by atoms with Gasteiger partial charge in [0, 0.05) is 16.1 Å². The van der Waals surface area contributed by atoms with Crippen molar-refractivity contribution in [3.63, 3.8) is 0 Å². The molecule has 28 heavy (non-hydrogen) atoms. The zero-order chi connectivity index (χ0) is 20.1. The fourth-order valence-corrected chi connectivity index (χ4v) is 3.18. The highest BCUT2D eigenvalue weighted by Gasteiger charge is 2.18. The minimum atomic E-state index is -0.757. The number of methoxy groups -OCH3 is 1. The van der Waals surface area contributed by atoms with Crippen molar-refractivity contribution in [2.24, 2.45) is 0 Å². The topological polar surface area (TPSA) is 93.2 Å². The highest BCUT2D eigenvalue weighted by atomic mass is 35.5. The molecule has 0 saturated carbocycles. The Balaban J connectivity index is 1.62. The molecular weight excluding hydrogens is 400 g/mol. The number of amides is 2. The lowest BCUT2D eigenvalue weighted by Crippen LogP contribution is -2.41. The molecule has 1 heterocycles. The summed E-state index contributed by atoms with van der Waals surface area (Å²) >= 11 is 7.04. The largest absolute Gasteiger partial charge is 0.497 e. The van der Waals surface area contributed by atoms with E-state index in [1.54, 1.807) is 38.3 Å². The molecule has 0 spiro atoms. The smallest absolute Gasteiger partial charge is 0.251 e. The first-order valence-corrected chi connectivity index (χ1v) is 9.51. The maximum atomic E-state index is 12.4. The molecule has 3 aromatic rings. The fraction of sp³-hybridized carbons (Fsp3) is 0.158. The van der Waals surface area contributed by atoms with Crippen LogP contribution >= 0.6 is 22.9 Å². The van der Waals surface area contributed by atoms with E-state index in [2.05, 4.69) is 20.8 Å². The van der Waals surface area contributed by atoms with Gasteiger partial charge in [-0.25, -0.2) is 0 Å². The average Bonchev–Trinajstić information content (AvgIpc) is 3.17. The normalized spacial score (nSPS) is 11.5. The zero-order valence-electron chi connectivity index (χ0n) is 15.1. The lowest BCUT2D eigenvalue weighted by Gasteiger charge is -2.12. The van der Waals surface area contributed by atoms with Gasteiger partial charge >= 0.3 is 0 Å². The lowest BCUT2D eigenvalue weighted by molar-refractivity contribution is -0.117. The van der Waals surface area contributed by atoms with Crippen LogP contribution in [0.4, 0.5) is 5.13 Å². The predicted octanol–water partition coefficient (Wildman–Crippen LogP) is 3.62. The second-order valence-electron chi connectivity index (χ2n) is 5.84. The molecular formula is C19H17ClN4O3S. The number of hydrogen-bond donors (Lipinski definition) is 2. The van der Waals surface area contributed by atoms with Gasteiger partial charge in [0.15, 0.2) is 0 Å². The predicted molar refractivity (Wildman–Crippen MR) is 109 cm³/mol. The molecule has 0 aliphatic heterocycles. The Kier molecular flexibility index (Phi) is 6.23. The number of rotatable bonds is 6. The SMILES string of the molecule is COc1cccc(-c2nnc(NC(=O)[C@@H](C)NC(=O)c3ccc(Cl)cc3)s2)c1. The van der Waals surface area contributed by atoms with Crippen LogP contribution in [0.25, 0.3) is 10.6 Å². The fourth-order valence-electron chi connectivity index (χ4n) is 2.31. The number of hydrogen-bond acceptors (Lipinski definition) is 6. The molecule has 0 aliphatic rings. The van der Waals surface area contributed by atoms with Crippen LogP contribution in [0.15, 0.2) is 48.5 Å². The summed E-state index contributed by atoms with van der Waals surface area (Å²) in [5.41, 5.74) is 1.25. The Bertz CT molecular complexity index is 991. The van der Waals surface area contributed by atoms with Gasteiger partial charge in [0.05, 0.1) is 7.11 Å². The number of nitrogens with zero attached hydrogens (tertiary/aromatic N) is 2. The number of carbonyl (C=O) groups is 2. The molecule has 2 aromatic carbocycles. The summed E-state index contributed by atoms with van der Waals surface area (Å²) in [5, 5.41) is 14.9. The maximum Gasteiger partial charge on any atom is 0.251 e. The van der Waals surface area contributed by atoms with Gasteiger partial charge in [0.1, 0.15) is 16.8 Å². The Morgan fingerprint density at radius 3 is 2.61 bits per heavy atom. The molecule has 0 unspecified atom stereocenters. The highest BCUT2D eigenvalue weighted by molar-refractivity contribution is 7.18. The molecule has 0 saturated heterocycles. The summed E-state index contributed by atoms with van der Waals surface area (Å²) in [4.78, 5) is 24.6. The Morgan fingerprint density at radius 1 is 1.14 bits per heavy atom. The molecule has 7 nitrogen and oxygen atoms in total. The van der Waals surface area contributed by atoms with Crippen molar-refractivity contribution in [1.82, 2.24) is 15.5 Å².